The van der Waals surface area contributed by atoms with Gasteiger partial charge in [-0.1, -0.05) is 18.2 Å². The molecular formula is C23H40IN5O3. The highest BCUT2D eigenvalue weighted by molar-refractivity contribution is 14.0. The number of nitrogens with zero attached hydrogens (tertiary/aromatic N) is 2. The van der Waals surface area contributed by atoms with E-state index < -0.39 is 17.2 Å². The Balaban J connectivity index is 0.00000512. The number of carbonyl (C=O) groups excluding carboxylic acids is 1. The number of alkyl carbamates (subject to hydrolysis) is 1. The average Bonchev–Trinajstić information content (AvgIpc) is 2.69. The lowest BCUT2D eigenvalue weighted by Crippen LogP contribution is -2.54. The van der Waals surface area contributed by atoms with Crippen LogP contribution in [-0.2, 0) is 16.0 Å². The monoisotopic (exact) mass is 561 g/mol. The van der Waals surface area contributed by atoms with E-state index >= 15 is 0 Å². The van der Waals surface area contributed by atoms with Crippen molar-refractivity contribution in [3.63, 3.8) is 0 Å². The van der Waals surface area contributed by atoms with Crippen LogP contribution in [0.5, 0.6) is 0 Å². The highest BCUT2D eigenvalue weighted by Gasteiger charge is 2.24. The average molecular weight is 562 g/mol. The first kappa shape index (κ1) is 28.3. The Kier molecular flexibility index (Phi) is 11.6. The number of nitrogens with one attached hydrogen (secondary N) is 3. The Morgan fingerprint density at radius 2 is 1.78 bits per heavy atom. The fraction of sp³-hybridized carbons (Fsp3) is 0.652. The maximum atomic E-state index is 12.1. The molecule has 0 radical (unpaired) electrons. The van der Waals surface area contributed by atoms with Crippen LogP contribution in [-0.4, -0.2) is 62.6 Å². The van der Waals surface area contributed by atoms with Gasteiger partial charge in [0.2, 0.25) is 0 Å². The molecule has 1 aromatic rings. The normalized spacial score (nSPS) is 14.9. The SMILES string of the molecule is CCNC(=NCc1ccccc1N1CCOCC1)NCC(C)(C)NC(=O)OC(C)(C)C.I. The number of hydrogen-bond acceptors (Lipinski definition) is 5. The highest BCUT2D eigenvalue weighted by Crippen LogP contribution is 2.22. The van der Waals surface area contributed by atoms with Crippen molar-refractivity contribution in [3.05, 3.63) is 29.8 Å². The molecule has 0 atom stereocenters. The quantitative estimate of drug-likeness (QED) is 0.269. The third-order valence-electron chi connectivity index (χ3n) is 4.63. The van der Waals surface area contributed by atoms with E-state index in [2.05, 4.69) is 39.0 Å². The summed E-state index contributed by atoms with van der Waals surface area (Å²) >= 11 is 0. The number of aliphatic imine (C=N–C) groups is 1. The van der Waals surface area contributed by atoms with Gasteiger partial charge in [-0.2, -0.15) is 0 Å². The number of hydrogen-bond donors (Lipinski definition) is 3. The van der Waals surface area contributed by atoms with E-state index in [0.717, 1.165) is 32.8 Å². The summed E-state index contributed by atoms with van der Waals surface area (Å²) in [7, 11) is 0. The van der Waals surface area contributed by atoms with Gasteiger partial charge in [-0.3, -0.25) is 0 Å². The van der Waals surface area contributed by atoms with Crippen molar-refractivity contribution in [2.24, 2.45) is 4.99 Å². The van der Waals surface area contributed by atoms with Crippen LogP contribution in [0, 0.1) is 0 Å². The van der Waals surface area contributed by atoms with E-state index in [0.29, 0.717) is 19.0 Å². The Bertz CT molecular complexity index is 743. The first-order valence-electron chi connectivity index (χ1n) is 11.0. The van der Waals surface area contributed by atoms with Crippen LogP contribution < -0.4 is 20.9 Å². The van der Waals surface area contributed by atoms with Gasteiger partial charge >= 0.3 is 6.09 Å². The number of guanidine groups is 1. The van der Waals surface area contributed by atoms with E-state index in [1.165, 1.54) is 11.3 Å². The van der Waals surface area contributed by atoms with Crippen molar-refractivity contribution >= 4 is 41.7 Å². The Morgan fingerprint density at radius 1 is 1.12 bits per heavy atom. The molecule has 0 spiro atoms. The fourth-order valence-corrected chi connectivity index (χ4v) is 3.19. The van der Waals surface area contributed by atoms with E-state index in [1.54, 1.807) is 0 Å². The van der Waals surface area contributed by atoms with Gasteiger partial charge in [0, 0.05) is 31.9 Å². The molecule has 1 amide bonds. The summed E-state index contributed by atoms with van der Waals surface area (Å²) < 4.78 is 10.8. The van der Waals surface area contributed by atoms with Crippen molar-refractivity contribution in [2.75, 3.05) is 44.3 Å². The van der Waals surface area contributed by atoms with Crippen molar-refractivity contribution in [1.82, 2.24) is 16.0 Å². The molecular weight excluding hydrogens is 521 g/mol. The van der Waals surface area contributed by atoms with Gasteiger partial charge in [-0.05, 0) is 53.2 Å². The maximum Gasteiger partial charge on any atom is 0.408 e. The van der Waals surface area contributed by atoms with E-state index in [-0.39, 0.29) is 24.0 Å². The molecule has 1 aliphatic heterocycles. The van der Waals surface area contributed by atoms with Gasteiger partial charge in [-0.15, -0.1) is 24.0 Å². The summed E-state index contributed by atoms with van der Waals surface area (Å²) in [6.45, 7) is 16.6. The summed E-state index contributed by atoms with van der Waals surface area (Å²) in [5.41, 5.74) is 1.34. The van der Waals surface area contributed by atoms with Crippen molar-refractivity contribution < 1.29 is 14.3 Å². The van der Waals surface area contributed by atoms with Crippen molar-refractivity contribution in [3.8, 4) is 0 Å². The lowest BCUT2D eigenvalue weighted by Gasteiger charge is -2.30. The number of anilines is 1. The first-order chi connectivity index (χ1) is 14.6. The van der Waals surface area contributed by atoms with E-state index in [4.69, 9.17) is 14.5 Å². The minimum Gasteiger partial charge on any atom is -0.444 e. The standard InChI is InChI=1S/C23H39N5O3.HI/c1-7-24-20(26-17-23(5,6)27-21(29)31-22(2,3)4)25-16-18-10-8-9-11-19(18)28-12-14-30-15-13-28;/h8-11H,7,12-17H2,1-6H3,(H,27,29)(H2,24,25,26);1H. The molecule has 32 heavy (non-hydrogen) atoms. The molecule has 0 unspecified atom stereocenters. The number of rotatable bonds is 7. The van der Waals surface area contributed by atoms with Gasteiger partial charge in [0.25, 0.3) is 0 Å². The number of carbonyl (C=O) groups is 1. The molecule has 0 aliphatic carbocycles. The van der Waals surface area contributed by atoms with E-state index in [9.17, 15) is 4.79 Å². The predicted molar refractivity (Wildman–Crippen MR) is 141 cm³/mol. The molecule has 182 valence electrons. The number of amides is 1. The molecule has 1 fully saturated rings. The number of benzene rings is 1. The lowest BCUT2D eigenvalue weighted by molar-refractivity contribution is 0.0474. The van der Waals surface area contributed by atoms with Gasteiger partial charge < -0.3 is 30.3 Å². The Labute approximate surface area is 209 Å². The van der Waals surface area contributed by atoms with Crippen LogP contribution in [0.1, 0.15) is 47.1 Å². The lowest BCUT2D eigenvalue weighted by atomic mass is 10.1. The Morgan fingerprint density at radius 3 is 2.41 bits per heavy atom. The molecule has 1 aliphatic rings. The molecule has 0 aromatic heterocycles. The van der Waals surface area contributed by atoms with Crippen LogP contribution in [0.15, 0.2) is 29.3 Å². The minimum absolute atomic E-state index is 0. The topological polar surface area (TPSA) is 87.2 Å². The van der Waals surface area contributed by atoms with Crippen LogP contribution in [0.2, 0.25) is 0 Å². The fourth-order valence-electron chi connectivity index (χ4n) is 3.19. The van der Waals surface area contributed by atoms with Crippen LogP contribution in [0.3, 0.4) is 0 Å². The van der Waals surface area contributed by atoms with Crippen molar-refractivity contribution in [2.45, 2.75) is 59.2 Å². The molecule has 1 aromatic carbocycles. The smallest absolute Gasteiger partial charge is 0.408 e. The molecule has 1 saturated heterocycles. The largest absolute Gasteiger partial charge is 0.444 e. The molecule has 9 heteroatoms. The predicted octanol–water partition coefficient (Wildman–Crippen LogP) is 3.50. The molecule has 2 rings (SSSR count). The molecule has 8 nitrogen and oxygen atoms in total. The summed E-state index contributed by atoms with van der Waals surface area (Å²) in [4.78, 5) is 19.2. The van der Waals surface area contributed by atoms with Gasteiger partial charge in [0.15, 0.2) is 5.96 Å². The maximum absolute atomic E-state index is 12.1. The second kappa shape index (κ2) is 13.1. The summed E-state index contributed by atoms with van der Waals surface area (Å²) in [6, 6.07) is 8.37. The second-order valence-electron chi connectivity index (χ2n) is 9.29. The van der Waals surface area contributed by atoms with Crippen LogP contribution >= 0.6 is 24.0 Å². The van der Waals surface area contributed by atoms with Gasteiger partial charge in [0.05, 0.1) is 25.3 Å². The number of ether oxygens (including phenoxy) is 2. The molecule has 0 saturated carbocycles. The first-order valence-corrected chi connectivity index (χ1v) is 11.0. The minimum atomic E-state index is -0.530. The summed E-state index contributed by atoms with van der Waals surface area (Å²) in [5.74, 6) is 0.707. The zero-order valence-electron chi connectivity index (χ0n) is 20.3. The summed E-state index contributed by atoms with van der Waals surface area (Å²) in [6.07, 6.45) is -0.430. The van der Waals surface area contributed by atoms with E-state index in [1.807, 2.05) is 47.6 Å². The zero-order chi connectivity index (χ0) is 22.9. The third kappa shape index (κ3) is 10.2. The number of halogens is 1. The molecule has 0 bridgehead atoms. The zero-order valence-corrected chi connectivity index (χ0v) is 22.6. The second-order valence-corrected chi connectivity index (χ2v) is 9.29. The van der Waals surface area contributed by atoms with Crippen LogP contribution in [0.4, 0.5) is 10.5 Å². The Hall–Kier alpha value is -1.75. The summed E-state index contributed by atoms with van der Waals surface area (Å²) in [5, 5.41) is 9.52. The molecule has 1 heterocycles. The number of morpholine rings is 1. The van der Waals surface area contributed by atoms with Gasteiger partial charge in [0.1, 0.15) is 5.60 Å². The highest BCUT2D eigenvalue weighted by atomic mass is 127. The van der Waals surface area contributed by atoms with Crippen LogP contribution in [0.25, 0.3) is 0 Å². The third-order valence-corrected chi connectivity index (χ3v) is 4.63. The number of para-hydroxylation sites is 1. The van der Waals surface area contributed by atoms with Crippen molar-refractivity contribution in [1.29, 1.82) is 0 Å². The molecule has 3 N–H and O–H groups in total. The van der Waals surface area contributed by atoms with Gasteiger partial charge in [-0.25, -0.2) is 9.79 Å².